The maximum Gasteiger partial charge on any atom is 0.198 e. The van der Waals surface area contributed by atoms with E-state index in [1.165, 1.54) is 0 Å². The molecule has 5 rings (SSSR count). The molecule has 3 aliphatic rings. The molecule has 0 amide bonds. The van der Waals surface area contributed by atoms with Crippen molar-refractivity contribution < 1.29 is 18.9 Å². The maximum atomic E-state index is 6.10. The van der Waals surface area contributed by atoms with Crippen molar-refractivity contribution in [3.8, 4) is 11.5 Å². The molecule has 0 saturated carbocycles. The minimum Gasteiger partial charge on any atom is -0.485 e. The van der Waals surface area contributed by atoms with Crippen LogP contribution in [0.3, 0.4) is 0 Å². The van der Waals surface area contributed by atoms with Crippen molar-refractivity contribution in [3.63, 3.8) is 0 Å². The van der Waals surface area contributed by atoms with E-state index in [2.05, 4.69) is 31.9 Å². The SMILES string of the molecule is C[C@@H]1O[C@@H]2O[C@H]([C@H]1Oc1ccc(Br)cc1)[C@H]2Oc1ccc(Br)cc1. The van der Waals surface area contributed by atoms with Gasteiger partial charge in [-0.25, -0.2) is 0 Å². The second-order valence-corrected chi connectivity index (χ2v) is 7.71. The zero-order valence-electron chi connectivity index (χ0n) is 12.9. The van der Waals surface area contributed by atoms with Crippen LogP contribution in [-0.2, 0) is 9.47 Å². The minimum absolute atomic E-state index is 0.0536. The third kappa shape index (κ3) is 3.20. The van der Waals surface area contributed by atoms with Gasteiger partial charge in [-0.2, -0.15) is 0 Å². The van der Waals surface area contributed by atoms with Crippen LogP contribution in [0.1, 0.15) is 6.92 Å². The second kappa shape index (κ2) is 6.67. The first kappa shape index (κ1) is 16.4. The highest BCUT2D eigenvalue weighted by atomic mass is 79.9. The molecule has 126 valence electrons. The van der Waals surface area contributed by atoms with Crippen molar-refractivity contribution in [2.75, 3.05) is 0 Å². The Morgan fingerprint density at radius 2 is 1.25 bits per heavy atom. The van der Waals surface area contributed by atoms with Gasteiger partial charge in [-0.1, -0.05) is 31.9 Å². The summed E-state index contributed by atoms with van der Waals surface area (Å²) in [6.07, 6.45) is -0.911. The van der Waals surface area contributed by atoms with Crippen LogP contribution >= 0.6 is 31.9 Å². The van der Waals surface area contributed by atoms with Gasteiger partial charge in [0.15, 0.2) is 18.5 Å². The summed E-state index contributed by atoms with van der Waals surface area (Å²) in [5, 5.41) is 0. The van der Waals surface area contributed by atoms with Gasteiger partial charge in [-0.15, -0.1) is 0 Å². The van der Waals surface area contributed by atoms with Gasteiger partial charge in [0.1, 0.15) is 17.6 Å². The molecule has 0 unspecified atom stereocenters. The van der Waals surface area contributed by atoms with Crippen LogP contribution < -0.4 is 9.47 Å². The number of hydrogen-bond acceptors (Lipinski definition) is 4. The fourth-order valence-corrected chi connectivity index (χ4v) is 3.46. The monoisotopic (exact) mass is 454 g/mol. The van der Waals surface area contributed by atoms with E-state index in [-0.39, 0.29) is 30.7 Å². The molecule has 3 saturated heterocycles. The lowest BCUT2D eigenvalue weighted by Crippen LogP contribution is -2.71. The average molecular weight is 456 g/mol. The summed E-state index contributed by atoms with van der Waals surface area (Å²) < 4.78 is 25.8. The van der Waals surface area contributed by atoms with E-state index in [0.717, 1.165) is 20.4 Å². The van der Waals surface area contributed by atoms with Gasteiger partial charge >= 0.3 is 0 Å². The molecule has 0 aromatic heterocycles. The largest absolute Gasteiger partial charge is 0.485 e. The van der Waals surface area contributed by atoms with Gasteiger partial charge in [0.05, 0.1) is 6.10 Å². The summed E-state index contributed by atoms with van der Waals surface area (Å²) in [5.41, 5.74) is 0. The summed E-state index contributed by atoms with van der Waals surface area (Å²) in [6, 6.07) is 15.5. The maximum absolute atomic E-state index is 6.10. The number of halogens is 2. The van der Waals surface area contributed by atoms with Crippen molar-refractivity contribution in [3.05, 3.63) is 57.5 Å². The van der Waals surface area contributed by atoms with Crippen molar-refractivity contribution in [1.82, 2.24) is 0 Å². The van der Waals surface area contributed by atoms with E-state index in [9.17, 15) is 0 Å². The van der Waals surface area contributed by atoms with Crippen molar-refractivity contribution in [1.29, 1.82) is 0 Å². The van der Waals surface area contributed by atoms with E-state index in [1.54, 1.807) is 0 Å². The van der Waals surface area contributed by atoms with Crippen LogP contribution in [-0.4, -0.2) is 30.7 Å². The highest BCUT2D eigenvalue weighted by Crippen LogP contribution is 2.39. The smallest absolute Gasteiger partial charge is 0.198 e. The summed E-state index contributed by atoms with van der Waals surface area (Å²) in [7, 11) is 0. The number of benzene rings is 2. The van der Waals surface area contributed by atoms with Gasteiger partial charge in [0.2, 0.25) is 0 Å². The molecule has 2 aromatic carbocycles. The average Bonchev–Trinajstić information content (AvgIpc) is 2.57. The lowest BCUT2D eigenvalue weighted by atomic mass is 9.94. The van der Waals surface area contributed by atoms with Crippen LogP contribution in [0, 0.1) is 0 Å². The fourth-order valence-electron chi connectivity index (χ4n) is 2.93. The Kier molecular flexibility index (Phi) is 4.56. The predicted octanol–water partition coefficient (Wildman–Crippen LogP) is 4.55. The Balaban J connectivity index is 1.47. The van der Waals surface area contributed by atoms with E-state index in [0.29, 0.717) is 0 Å². The Labute approximate surface area is 157 Å². The standard InChI is InChI=1S/C18H16Br2O4/c1-10-15(22-13-6-2-11(19)3-7-13)16-17(18(21-10)24-16)23-14-8-4-12(20)5-9-14/h2-10,15-18H,1H3/t10-,15-,16+,17+,18+/m0/s1. The van der Waals surface area contributed by atoms with Gasteiger partial charge in [-0.3, -0.25) is 0 Å². The molecule has 5 atom stereocenters. The molecule has 0 radical (unpaired) electrons. The van der Waals surface area contributed by atoms with E-state index >= 15 is 0 Å². The first-order chi connectivity index (χ1) is 11.6. The summed E-state index contributed by atoms with van der Waals surface area (Å²) in [6.45, 7) is 2.00. The minimum atomic E-state index is -0.335. The second-order valence-electron chi connectivity index (χ2n) is 5.88. The van der Waals surface area contributed by atoms with Gasteiger partial charge in [-0.05, 0) is 55.5 Å². The fraction of sp³-hybridized carbons (Fsp3) is 0.333. The summed E-state index contributed by atoms with van der Waals surface area (Å²) in [4.78, 5) is 0. The third-order valence-electron chi connectivity index (χ3n) is 4.19. The molecular formula is C18H16Br2O4. The van der Waals surface area contributed by atoms with E-state index in [1.807, 2.05) is 55.5 Å². The van der Waals surface area contributed by atoms with Crippen LogP contribution in [0.15, 0.2) is 57.5 Å². The first-order valence-corrected chi connectivity index (χ1v) is 9.34. The predicted molar refractivity (Wildman–Crippen MR) is 96.3 cm³/mol. The highest BCUT2D eigenvalue weighted by molar-refractivity contribution is 9.10. The third-order valence-corrected chi connectivity index (χ3v) is 5.25. The molecular weight excluding hydrogens is 440 g/mol. The molecule has 0 spiro atoms. The molecule has 3 heterocycles. The zero-order valence-corrected chi connectivity index (χ0v) is 16.1. The van der Waals surface area contributed by atoms with E-state index in [4.69, 9.17) is 18.9 Å². The number of hydrogen-bond donors (Lipinski definition) is 0. The summed E-state index contributed by atoms with van der Waals surface area (Å²) >= 11 is 6.85. The van der Waals surface area contributed by atoms with E-state index < -0.39 is 0 Å². The zero-order chi connectivity index (χ0) is 16.7. The van der Waals surface area contributed by atoms with Crippen molar-refractivity contribution >= 4 is 31.9 Å². The molecule has 0 N–H and O–H groups in total. The number of ether oxygens (including phenoxy) is 4. The highest BCUT2D eigenvalue weighted by Gasteiger charge is 2.58. The molecule has 0 aliphatic carbocycles. The summed E-state index contributed by atoms with van der Waals surface area (Å²) in [5.74, 6) is 1.58. The Bertz CT molecular complexity index is 704. The molecule has 6 heteroatoms. The lowest BCUT2D eigenvalue weighted by molar-refractivity contribution is -0.392. The molecule has 24 heavy (non-hydrogen) atoms. The topological polar surface area (TPSA) is 36.9 Å². The van der Waals surface area contributed by atoms with Crippen LogP contribution in [0.25, 0.3) is 0 Å². The Morgan fingerprint density at radius 1 is 0.750 bits per heavy atom. The Morgan fingerprint density at radius 3 is 1.79 bits per heavy atom. The van der Waals surface area contributed by atoms with Gasteiger partial charge in [0.25, 0.3) is 0 Å². The number of rotatable bonds is 4. The first-order valence-electron chi connectivity index (χ1n) is 7.75. The lowest BCUT2D eigenvalue weighted by Gasteiger charge is -2.53. The molecule has 2 aromatic rings. The quantitative estimate of drug-likeness (QED) is 0.677. The normalized spacial score (nSPS) is 31.2. The van der Waals surface area contributed by atoms with Crippen molar-refractivity contribution in [2.24, 2.45) is 0 Å². The molecule has 2 bridgehead atoms. The van der Waals surface area contributed by atoms with Crippen LogP contribution in [0.4, 0.5) is 0 Å². The van der Waals surface area contributed by atoms with Crippen molar-refractivity contribution in [2.45, 2.75) is 37.6 Å². The van der Waals surface area contributed by atoms with Gasteiger partial charge in [0, 0.05) is 8.95 Å². The number of fused-ring (bicyclic) bond motifs is 2. The molecule has 3 aliphatic heterocycles. The van der Waals surface area contributed by atoms with Gasteiger partial charge < -0.3 is 18.9 Å². The molecule has 3 fully saturated rings. The Hall–Kier alpha value is -1.08. The van der Waals surface area contributed by atoms with Crippen LogP contribution in [0.5, 0.6) is 11.5 Å². The van der Waals surface area contributed by atoms with Crippen LogP contribution in [0.2, 0.25) is 0 Å². The molecule has 4 nitrogen and oxygen atoms in total.